The van der Waals surface area contributed by atoms with Crippen molar-refractivity contribution in [3.05, 3.63) is 0 Å². The minimum Gasteiger partial charge on any atom is -0.378 e. The lowest BCUT2D eigenvalue weighted by Gasteiger charge is -2.43. The van der Waals surface area contributed by atoms with Gasteiger partial charge in [0, 0.05) is 24.7 Å². The molecule has 3 unspecified atom stereocenters. The van der Waals surface area contributed by atoms with Crippen LogP contribution in [-0.2, 0) is 4.74 Å². The minimum atomic E-state index is 0.536. The highest BCUT2D eigenvalue weighted by Crippen LogP contribution is 2.33. The van der Waals surface area contributed by atoms with Gasteiger partial charge in [0.15, 0.2) is 0 Å². The highest BCUT2D eigenvalue weighted by atomic mass is 16.5. The first-order valence-electron chi connectivity index (χ1n) is 8.48. The van der Waals surface area contributed by atoms with E-state index >= 15 is 0 Å². The van der Waals surface area contributed by atoms with E-state index in [0.29, 0.717) is 6.10 Å². The fourth-order valence-corrected chi connectivity index (χ4v) is 4.30. The molecule has 0 bridgehead atoms. The van der Waals surface area contributed by atoms with E-state index < -0.39 is 0 Å². The van der Waals surface area contributed by atoms with Gasteiger partial charge in [0.2, 0.25) is 0 Å². The van der Waals surface area contributed by atoms with E-state index in [-0.39, 0.29) is 0 Å². The van der Waals surface area contributed by atoms with Crippen LogP contribution in [0.2, 0.25) is 0 Å². The molecule has 0 radical (unpaired) electrons. The maximum atomic E-state index is 5.67. The van der Waals surface area contributed by atoms with E-state index in [4.69, 9.17) is 4.74 Å². The molecule has 19 heavy (non-hydrogen) atoms. The third kappa shape index (κ3) is 3.32. The predicted octanol–water partition coefficient (Wildman–Crippen LogP) is 2.45. The van der Waals surface area contributed by atoms with E-state index in [9.17, 15) is 0 Å². The van der Waals surface area contributed by atoms with E-state index in [1.807, 2.05) is 0 Å². The molecule has 3 heteroatoms. The van der Waals surface area contributed by atoms with Crippen LogP contribution in [0.15, 0.2) is 0 Å². The second kappa shape index (κ2) is 6.55. The van der Waals surface area contributed by atoms with Gasteiger partial charge in [-0.3, -0.25) is 0 Å². The molecule has 0 aromatic rings. The first-order chi connectivity index (χ1) is 9.36. The van der Waals surface area contributed by atoms with Gasteiger partial charge in [0.25, 0.3) is 0 Å². The Balaban J connectivity index is 1.47. The lowest BCUT2D eigenvalue weighted by molar-refractivity contribution is -0.0162. The van der Waals surface area contributed by atoms with Crippen LogP contribution in [0.25, 0.3) is 0 Å². The van der Waals surface area contributed by atoms with Crippen LogP contribution < -0.4 is 10.6 Å². The summed E-state index contributed by atoms with van der Waals surface area (Å²) in [6.45, 7) is 4.21. The minimum absolute atomic E-state index is 0.536. The maximum Gasteiger partial charge on any atom is 0.0604 e. The van der Waals surface area contributed by atoms with Crippen LogP contribution in [-0.4, -0.2) is 37.4 Å². The zero-order valence-electron chi connectivity index (χ0n) is 12.4. The number of nitrogens with one attached hydrogen (secondary N) is 2. The van der Waals surface area contributed by atoms with Gasteiger partial charge in [-0.15, -0.1) is 0 Å². The highest BCUT2D eigenvalue weighted by molar-refractivity contribution is 4.95. The number of ether oxygens (including phenoxy) is 1. The second-order valence-electron chi connectivity index (χ2n) is 6.67. The van der Waals surface area contributed by atoms with Crippen LogP contribution in [0.3, 0.4) is 0 Å². The van der Waals surface area contributed by atoms with E-state index in [2.05, 4.69) is 17.6 Å². The molecule has 0 amide bonds. The molecule has 0 aromatic heterocycles. The zero-order valence-corrected chi connectivity index (χ0v) is 12.4. The smallest absolute Gasteiger partial charge is 0.0604 e. The summed E-state index contributed by atoms with van der Waals surface area (Å²) >= 11 is 0. The third-order valence-electron chi connectivity index (χ3n) is 5.38. The van der Waals surface area contributed by atoms with Crippen LogP contribution in [0.1, 0.15) is 58.3 Å². The fraction of sp³-hybridized carbons (Fsp3) is 1.00. The molecule has 3 aliphatic rings. The molecule has 1 saturated heterocycles. The Bertz CT molecular complexity index is 272. The van der Waals surface area contributed by atoms with E-state index in [0.717, 1.165) is 30.7 Å². The first-order valence-corrected chi connectivity index (χ1v) is 8.48. The molecule has 3 nitrogen and oxygen atoms in total. The van der Waals surface area contributed by atoms with Crippen molar-refractivity contribution in [2.24, 2.45) is 5.92 Å². The van der Waals surface area contributed by atoms with Gasteiger partial charge in [-0.25, -0.2) is 0 Å². The van der Waals surface area contributed by atoms with E-state index in [1.54, 1.807) is 0 Å². The SMILES string of the molecule is CCOC1CC(NC2CCCCC2C2CCCN2)C1. The van der Waals surface area contributed by atoms with Crippen molar-refractivity contribution in [3.8, 4) is 0 Å². The Morgan fingerprint density at radius 2 is 1.95 bits per heavy atom. The number of hydrogen-bond acceptors (Lipinski definition) is 3. The standard InChI is InChI=1S/C16H30N2O/c1-2-19-13-10-12(11-13)18-16-7-4-3-6-14(16)15-8-5-9-17-15/h12-18H,2-11H2,1H3. The fourth-order valence-electron chi connectivity index (χ4n) is 4.30. The average molecular weight is 266 g/mol. The van der Waals surface area contributed by atoms with Crippen LogP contribution in [0.5, 0.6) is 0 Å². The van der Waals surface area contributed by atoms with Crippen LogP contribution in [0.4, 0.5) is 0 Å². The van der Waals surface area contributed by atoms with Crippen molar-refractivity contribution in [2.75, 3.05) is 13.2 Å². The van der Waals surface area contributed by atoms with Gasteiger partial charge in [-0.2, -0.15) is 0 Å². The molecule has 1 aliphatic heterocycles. The van der Waals surface area contributed by atoms with Gasteiger partial charge < -0.3 is 15.4 Å². The summed E-state index contributed by atoms with van der Waals surface area (Å²) in [5.74, 6) is 0.877. The summed E-state index contributed by atoms with van der Waals surface area (Å²) in [6, 6.07) is 2.28. The summed E-state index contributed by atoms with van der Waals surface area (Å²) in [6.07, 6.45) is 11.4. The second-order valence-corrected chi connectivity index (χ2v) is 6.67. The number of hydrogen-bond donors (Lipinski definition) is 2. The molecular weight excluding hydrogens is 236 g/mol. The first kappa shape index (κ1) is 13.8. The van der Waals surface area contributed by atoms with Gasteiger partial charge in [-0.05, 0) is 57.9 Å². The molecule has 3 fully saturated rings. The molecule has 2 saturated carbocycles. The average Bonchev–Trinajstić information content (AvgIpc) is 2.91. The molecule has 3 atom stereocenters. The lowest BCUT2D eigenvalue weighted by Crippen LogP contribution is -2.55. The maximum absolute atomic E-state index is 5.67. The van der Waals surface area contributed by atoms with Crippen LogP contribution >= 0.6 is 0 Å². The number of rotatable bonds is 5. The van der Waals surface area contributed by atoms with Gasteiger partial charge in [0.1, 0.15) is 0 Å². The highest BCUT2D eigenvalue weighted by Gasteiger charge is 2.37. The molecular formula is C16H30N2O. The molecule has 2 aliphatic carbocycles. The van der Waals surface area contributed by atoms with Crippen LogP contribution in [0, 0.1) is 5.92 Å². The Hall–Kier alpha value is -0.120. The van der Waals surface area contributed by atoms with Crippen molar-refractivity contribution in [1.82, 2.24) is 10.6 Å². The van der Waals surface area contributed by atoms with E-state index in [1.165, 1.54) is 57.9 Å². The van der Waals surface area contributed by atoms with Crippen molar-refractivity contribution in [3.63, 3.8) is 0 Å². The predicted molar refractivity (Wildman–Crippen MR) is 78.3 cm³/mol. The zero-order chi connectivity index (χ0) is 13.1. The molecule has 3 rings (SSSR count). The Labute approximate surface area is 117 Å². The monoisotopic (exact) mass is 266 g/mol. The van der Waals surface area contributed by atoms with Crippen molar-refractivity contribution in [1.29, 1.82) is 0 Å². The van der Waals surface area contributed by atoms with Crippen molar-refractivity contribution in [2.45, 2.75) is 82.5 Å². The quantitative estimate of drug-likeness (QED) is 0.802. The topological polar surface area (TPSA) is 33.3 Å². The molecule has 0 spiro atoms. The Morgan fingerprint density at radius 3 is 2.68 bits per heavy atom. The molecule has 2 N–H and O–H groups in total. The molecule has 1 heterocycles. The van der Waals surface area contributed by atoms with Gasteiger partial charge in [0.05, 0.1) is 6.10 Å². The molecule has 110 valence electrons. The Kier molecular flexibility index (Phi) is 4.78. The van der Waals surface area contributed by atoms with Crippen molar-refractivity contribution >= 4 is 0 Å². The van der Waals surface area contributed by atoms with Gasteiger partial charge in [-0.1, -0.05) is 12.8 Å². The summed E-state index contributed by atoms with van der Waals surface area (Å²) in [5.41, 5.74) is 0. The largest absolute Gasteiger partial charge is 0.378 e. The summed E-state index contributed by atoms with van der Waals surface area (Å²) < 4.78 is 5.67. The molecule has 0 aromatic carbocycles. The van der Waals surface area contributed by atoms with Crippen molar-refractivity contribution < 1.29 is 4.74 Å². The summed E-state index contributed by atoms with van der Waals surface area (Å²) in [4.78, 5) is 0. The summed E-state index contributed by atoms with van der Waals surface area (Å²) in [5, 5.41) is 7.68. The summed E-state index contributed by atoms with van der Waals surface area (Å²) in [7, 11) is 0. The normalized spacial score (nSPS) is 43.1. The Morgan fingerprint density at radius 1 is 1.11 bits per heavy atom. The van der Waals surface area contributed by atoms with Gasteiger partial charge >= 0.3 is 0 Å². The third-order valence-corrected chi connectivity index (χ3v) is 5.38. The lowest BCUT2D eigenvalue weighted by atomic mass is 9.77.